The molecule has 9 heteroatoms. The van der Waals surface area contributed by atoms with Gasteiger partial charge in [-0.1, -0.05) is 35.3 Å². The van der Waals surface area contributed by atoms with E-state index in [4.69, 9.17) is 27.9 Å². The minimum Gasteiger partial charge on any atom is -0.497 e. The molecule has 1 aliphatic heterocycles. The highest BCUT2D eigenvalue weighted by molar-refractivity contribution is 8.18. The average Bonchev–Trinajstić information content (AvgIpc) is 2.98. The van der Waals surface area contributed by atoms with Crippen LogP contribution in [0.15, 0.2) is 47.4 Å². The Morgan fingerprint density at radius 2 is 1.90 bits per heavy atom. The first-order valence-electron chi connectivity index (χ1n) is 9.01. The van der Waals surface area contributed by atoms with Crippen molar-refractivity contribution in [3.8, 4) is 5.75 Å². The fraction of sp³-hybridized carbons (Fsp3) is 0.190. The molecule has 1 heterocycles. The Balaban J connectivity index is 1.54. The molecule has 6 nitrogen and oxygen atoms in total. The van der Waals surface area contributed by atoms with Crippen molar-refractivity contribution in [3.63, 3.8) is 0 Å². The zero-order chi connectivity index (χ0) is 21.7. The van der Waals surface area contributed by atoms with Gasteiger partial charge in [-0.3, -0.25) is 19.3 Å². The van der Waals surface area contributed by atoms with Crippen molar-refractivity contribution in [1.82, 2.24) is 4.90 Å². The molecule has 1 N–H and O–H groups in total. The number of thioether (sulfide) groups is 1. The Labute approximate surface area is 188 Å². The summed E-state index contributed by atoms with van der Waals surface area (Å²) in [4.78, 5) is 38.4. The maximum Gasteiger partial charge on any atom is 0.293 e. The Morgan fingerprint density at radius 1 is 1.17 bits per heavy atom. The monoisotopic (exact) mass is 464 g/mol. The fourth-order valence-electron chi connectivity index (χ4n) is 2.75. The summed E-state index contributed by atoms with van der Waals surface area (Å²) in [7, 11) is 1.57. The van der Waals surface area contributed by atoms with Crippen LogP contribution in [0.4, 0.5) is 10.5 Å². The molecule has 3 amide bonds. The van der Waals surface area contributed by atoms with Gasteiger partial charge in [0.25, 0.3) is 11.1 Å². The van der Waals surface area contributed by atoms with E-state index in [0.29, 0.717) is 32.8 Å². The molecule has 3 rings (SSSR count). The lowest BCUT2D eigenvalue weighted by atomic mass is 10.2. The molecule has 0 atom stereocenters. The van der Waals surface area contributed by atoms with Crippen LogP contribution in [-0.2, 0) is 9.59 Å². The van der Waals surface area contributed by atoms with Crippen LogP contribution in [0.25, 0.3) is 6.08 Å². The van der Waals surface area contributed by atoms with Gasteiger partial charge in [0.05, 0.1) is 22.7 Å². The number of carbonyl (C=O) groups excluding carboxylic acids is 3. The van der Waals surface area contributed by atoms with E-state index in [-0.39, 0.29) is 30.0 Å². The van der Waals surface area contributed by atoms with E-state index >= 15 is 0 Å². The second-order valence-corrected chi connectivity index (χ2v) is 8.22. The number of halogens is 2. The smallest absolute Gasteiger partial charge is 0.293 e. The van der Waals surface area contributed by atoms with Crippen molar-refractivity contribution in [2.75, 3.05) is 19.0 Å². The number of nitrogens with zero attached hydrogens (tertiary/aromatic N) is 1. The average molecular weight is 465 g/mol. The van der Waals surface area contributed by atoms with Gasteiger partial charge in [0.1, 0.15) is 5.75 Å². The molecular formula is C21H18Cl2N2O4S. The summed E-state index contributed by atoms with van der Waals surface area (Å²) < 4.78 is 5.11. The van der Waals surface area contributed by atoms with Crippen LogP contribution in [0.2, 0.25) is 10.0 Å². The predicted octanol–water partition coefficient (Wildman–Crippen LogP) is 5.46. The Kier molecular flexibility index (Phi) is 7.42. The summed E-state index contributed by atoms with van der Waals surface area (Å²) in [6.07, 6.45) is 2.14. The Morgan fingerprint density at radius 3 is 2.57 bits per heavy atom. The molecule has 0 radical (unpaired) electrons. The fourth-order valence-corrected chi connectivity index (χ4v) is 4.07. The van der Waals surface area contributed by atoms with Crippen LogP contribution in [0.1, 0.15) is 18.4 Å². The molecule has 30 heavy (non-hydrogen) atoms. The third-order valence-corrected chi connectivity index (χ3v) is 5.73. The first-order chi connectivity index (χ1) is 14.4. The highest BCUT2D eigenvalue weighted by Crippen LogP contribution is 2.32. The summed E-state index contributed by atoms with van der Waals surface area (Å²) >= 11 is 12.8. The molecule has 0 aliphatic carbocycles. The highest BCUT2D eigenvalue weighted by Gasteiger charge is 2.34. The zero-order valence-electron chi connectivity index (χ0n) is 16.0. The molecule has 1 fully saturated rings. The molecule has 1 saturated heterocycles. The van der Waals surface area contributed by atoms with Crippen LogP contribution in [0.3, 0.4) is 0 Å². The summed E-state index contributed by atoms with van der Waals surface area (Å²) in [6, 6.07) is 11.9. The van der Waals surface area contributed by atoms with Crippen molar-refractivity contribution >= 4 is 63.8 Å². The lowest BCUT2D eigenvalue weighted by molar-refractivity contribution is -0.123. The Bertz CT molecular complexity index is 1010. The topological polar surface area (TPSA) is 75.7 Å². The highest BCUT2D eigenvalue weighted by atomic mass is 35.5. The van der Waals surface area contributed by atoms with Crippen molar-refractivity contribution in [2.24, 2.45) is 0 Å². The number of imide groups is 1. The van der Waals surface area contributed by atoms with Gasteiger partial charge in [-0.05, 0) is 60.2 Å². The molecule has 2 aromatic rings. The number of benzene rings is 2. The molecule has 0 aromatic heterocycles. The van der Waals surface area contributed by atoms with Crippen molar-refractivity contribution in [1.29, 1.82) is 0 Å². The number of hydrogen-bond donors (Lipinski definition) is 1. The molecule has 0 saturated carbocycles. The predicted molar refractivity (Wildman–Crippen MR) is 120 cm³/mol. The van der Waals surface area contributed by atoms with Gasteiger partial charge < -0.3 is 10.1 Å². The summed E-state index contributed by atoms with van der Waals surface area (Å²) in [5, 5.41) is 3.16. The molecule has 156 valence electrons. The molecular weight excluding hydrogens is 447 g/mol. The van der Waals surface area contributed by atoms with Gasteiger partial charge in [0.2, 0.25) is 5.91 Å². The molecule has 2 aromatic carbocycles. The van der Waals surface area contributed by atoms with E-state index in [1.165, 1.54) is 6.07 Å². The number of methoxy groups -OCH3 is 1. The van der Waals surface area contributed by atoms with E-state index in [1.54, 1.807) is 49.6 Å². The van der Waals surface area contributed by atoms with Crippen molar-refractivity contribution in [2.45, 2.75) is 12.8 Å². The zero-order valence-corrected chi connectivity index (χ0v) is 18.3. The van der Waals surface area contributed by atoms with E-state index in [0.717, 1.165) is 22.2 Å². The second-order valence-electron chi connectivity index (χ2n) is 6.38. The molecule has 0 bridgehead atoms. The summed E-state index contributed by atoms with van der Waals surface area (Å²) in [5.74, 6) is 0.0837. The first kappa shape index (κ1) is 22.2. The lowest BCUT2D eigenvalue weighted by Crippen LogP contribution is -2.29. The third-order valence-electron chi connectivity index (χ3n) is 4.28. The second kappa shape index (κ2) is 10.0. The maximum atomic E-state index is 12.5. The standard InChI is InChI=1S/C21H18Cl2N2O4S/c1-29-15-7-4-13(5-8-15)11-18-20(27)25(21(28)30-18)10-2-3-19(26)24-17-9-6-14(22)12-16(17)23/h4-9,11-12H,2-3,10H2,1H3,(H,24,26). The van der Waals surface area contributed by atoms with Gasteiger partial charge in [0.15, 0.2) is 0 Å². The number of rotatable bonds is 7. The number of carbonyl (C=O) groups is 3. The van der Waals surface area contributed by atoms with E-state index in [9.17, 15) is 14.4 Å². The van der Waals surface area contributed by atoms with Crippen LogP contribution < -0.4 is 10.1 Å². The van der Waals surface area contributed by atoms with Gasteiger partial charge in [0, 0.05) is 18.0 Å². The molecule has 0 unspecified atom stereocenters. The minimum absolute atomic E-state index is 0.137. The van der Waals surface area contributed by atoms with Crippen molar-refractivity contribution < 1.29 is 19.1 Å². The number of ether oxygens (including phenoxy) is 1. The lowest BCUT2D eigenvalue weighted by Gasteiger charge is -2.12. The molecule has 1 aliphatic rings. The normalized spacial score (nSPS) is 15.0. The summed E-state index contributed by atoms with van der Waals surface area (Å²) in [5.41, 5.74) is 1.25. The van der Waals surface area contributed by atoms with E-state index in [1.807, 2.05) is 0 Å². The van der Waals surface area contributed by atoms with Crippen LogP contribution in [0.5, 0.6) is 5.75 Å². The van der Waals surface area contributed by atoms with Gasteiger partial charge in [-0.15, -0.1) is 0 Å². The quantitative estimate of drug-likeness (QED) is 0.550. The number of hydrogen-bond acceptors (Lipinski definition) is 5. The van der Waals surface area contributed by atoms with E-state index in [2.05, 4.69) is 5.32 Å². The maximum absolute atomic E-state index is 12.5. The van der Waals surface area contributed by atoms with Gasteiger partial charge in [-0.2, -0.15) is 0 Å². The van der Waals surface area contributed by atoms with Gasteiger partial charge in [-0.25, -0.2) is 0 Å². The number of anilines is 1. The van der Waals surface area contributed by atoms with Crippen LogP contribution >= 0.6 is 35.0 Å². The van der Waals surface area contributed by atoms with Crippen LogP contribution in [-0.4, -0.2) is 35.6 Å². The van der Waals surface area contributed by atoms with Crippen molar-refractivity contribution in [3.05, 3.63) is 63.0 Å². The van der Waals surface area contributed by atoms with Gasteiger partial charge >= 0.3 is 0 Å². The minimum atomic E-state index is -0.359. The van der Waals surface area contributed by atoms with E-state index < -0.39 is 0 Å². The SMILES string of the molecule is COc1ccc(C=C2SC(=O)N(CCCC(=O)Nc3ccc(Cl)cc3Cl)C2=O)cc1. The van der Waals surface area contributed by atoms with Crippen LogP contribution in [0, 0.1) is 0 Å². The number of nitrogens with one attached hydrogen (secondary N) is 1. The molecule has 0 spiro atoms. The summed E-state index contributed by atoms with van der Waals surface area (Å²) in [6.45, 7) is 0.159. The Hall–Kier alpha value is -2.48. The number of amides is 3. The first-order valence-corrected chi connectivity index (χ1v) is 10.6. The third kappa shape index (κ3) is 5.56. The largest absolute Gasteiger partial charge is 0.497 e.